The second-order valence-electron chi connectivity index (χ2n) is 7.39. The van der Waals surface area contributed by atoms with Crippen LogP contribution in [-0.2, 0) is 0 Å². The molecule has 4 aromatic rings. The zero-order valence-corrected chi connectivity index (χ0v) is 18.7. The van der Waals surface area contributed by atoms with Crippen molar-refractivity contribution in [2.75, 3.05) is 11.2 Å². The van der Waals surface area contributed by atoms with Crippen molar-refractivity contribution in [1.29, 1.82) is 0 Å². The molecule has 3 aromatic carbocycles. The van der Waals surface area contributed by atoms with Crippen LogP contribution in [0.5, 0.6) is 0 Å². The largest absolute Gasteiger partial charge is 0.397 e. The number of anilines is 2. The molecule has 0 radical (unpaired) electrons. The third-order valence-electron chi connectivity index (χ3n) is 5.09. The predicted octanol–water partition coefficient (Wildman–Crippen LogP) is 4.52. The molecule has 0 aliphatic carbocycles. The van der Waals surface area contributed by atoms with Gasteiger partial charge in [-0.3, -0.25) is 40.9 Å². The number of nitrogens with two attached hydrogens (primary N) is 1. The Labute approximate surface area is 205 Å². The fourth-order valence-electron chi connectivity index (χ4n) is 3.20. The van der Waals surface area contributed by atoms with E-state index in [-0.39, 0.29) is 34.1 Å². The molecule has 4 rings (SSSR count). The lowest BCUT2D eigenvalue weighted by molar-refractivity contribution is -0.393. The summed E-state index contributed by atoms with van der Waals surface area (Å²) in [7, 11) is 0. The first-order valence-electron chi connectivity index (χ1n) is 10.2. The number of hydrogen-bond donors (Lipinski definition) is 3. The number of aromatic nitrogens is 3. The molecule has 0 atom stereocenters. The number of benzene rings is 3. The van der Waals surface area contributed by atoms with Gasteiger partial charge in [-0.15, -0.1) is 15.3 Å². The van der Waals surface area contributed by atoms with Gasteiger partial charge in [0.15, 0.2) is 5.69 Å². The standard InChI is InChI=1S/C20H15N11O6/c1-10(22-23-15-6-3-12(29(32)33)9-18(15)31(36)37)11-2-5-14(17(8-11)30(34)35)24-26-19-13(21)4-7-16-20(19)27-28-25-16/h2-9,23H,21H2,1H3,(H,25,27,28)/b22-10+,26-24+. The minimum atomic E-state index is -0.794. The van der Waals surface area contributed by atoms with E-state index in [0.717, 1.165) is 18.2 Å². The topological polar surface area (TPSA) is 246 Å². The van der Waals surface area contributed by atoms with E-state index in [2.05, 4.69) is 36.2 Å². The first kappa shape index (κ1) is 24.3. The van der Waals surface area contributed by atoms with Crippen LogP contribution < -0.4 is 11.2 Å². The van der Waals surface area contributed by atoms with Gasteiger partial charge in [0.2, 0.25) is 0 Å². The summed E-state index contributed by atoms with van der Waals surface area (Å²) < 4.78 is 0. The second kappa shape index (κ2) is 9.78. The van der Waals surface area contributed by atoms with Crippen molar-refractivity contribution in [1.82, 2.24) is 15.4 Å². The van der Waals surface area contributed by atoms with Gasteiger partial charge in [-0.25, -0.2) is 0 Å². The highest BCUT2D eigenvalue weighted by Gasteiger charge is 2.20. The number of nitro groups is 3. The summed E-state index contributed by atoms with van der Waals surface area (Å²) in [5, 5.41) is 56.1. The normalized spacial score (nSPS) is 11.6. The van der Waals surface area contributed by atoms with Crippen molar-refractivity contribution in [3.8, 4) is 0 Å². The molecule has 0 aliphatic heterocycles. The van der Waals surface area contributed by atoms with Crippen LogP contribution in [0.2, 0.25) is 0 Å². The maximum Gasteiger partial charge on any atom is 0.301 e. The number of fused-ring (bicyclic) bond motifs is 1. The average molecular weight is 505 g/mol. The Kier molecular flexibility index (Phi) is 6.41. The number of hydrazone groups is 1. The number of non-ortho nitro benzene ring substituents is 1. The average Bonchev–Trinajstić information content (AvgIpc) is 3.35. The van der Waals surface area contributed by atoms with Crippen LogP contribution in [-0.4, -0.2) is 35.9 Å². The minimum Gasteiger partial charge on any atom is -0.397 e. The quantitative estimate of drug-likeness (QED) is 0.0992. The molecule has 4 N–H and O–H groups in total. The van der Waals surface area contributed by atoms with Crippen molar-refractivity contribution in [3.63, 3.8) is 0 Å². The Morgan fingerprint density at radius 3 is 2.41 bits per heavy atom. The number of nitrogens with zero attached hydrogens (tertiary/aromatic N) is 8. The maximum atomic E-state index is 11.7. The number of aromatic amines is 1. The summed E-state index contributed by atoms with van der Waals surface area (Å²) >= 11 is 0. The van der Waals surface area contributed by atoms with E-state index in [1.165, 1.54) is 25.1 Å². The van der Waals surface area contributed by atoms with E-state index in [1.807, 2.05) is 0 Å². The highest BCUT2D eigenvalue weighted by atomic mass is 16.6. The zero-order valence-electron chi connectivity index (χ0n) is 18.7. The third-order valence-corrected chi connectivity index (χ3v) is 5.09. The maximum absolute atomic E-state index is 11.7. The van der Waals surface area contributed by atoms with Crippen LogP contribution >= 0.6 is 0 Å². The molecule has 0 bridgehead atoms. The number of hydrogen-bond acceptors (Lipinski definition) is 13. The number of H-pyrrole nitrogens is 1. The first-order valence-corrected chi connectivity index (χ1v) is 10.2. The molecule has 0 unspecified atom stereocenters. The molecule has 1 aromatic heterocycles. The molecule has 0 amide bonds. The Morgan fingerprint density at radius 2 is 1.70 bits per heavy atom. The van der Waals surface area contributed by atoms with Crippen molar-refractivity contribution in [2.45, 2.75) is 6.92 Å². The fourth-order valence-corrected chi connectivity index (χ4v) is 3.20. The molecule has 0 fully saturated rings. The molecule has 1 heterocycles. The second-order valence-corrected chi connectivity index (χ2v) is 7.39. The van der Waals surface area contributed by atoms with E-state index in [9.17, 15) is 30.3 Å². The van der Waals surface area contributed by atoms with Gasteiger partial charge >= 0.3 is 5.69 Å². The molecule has 17 nitrogen and oxygen atoms in total. The van der Waals surface area contributed by atoms with Crippen LogP contribution in [0, 0.1) is 30.3 Å². The lowest BCUT2D eigenvalue weighted by Crippen LogP contribution is -2.03. The van der Waals surface area contributed by atoms with Crippen LogP contribution in [0.25, 0.3) is 11.0 Å². The van der Waals surface area contributed by atoms with Gasteiger partial charge in [0.1, 0.15) is 22.4 Å². The Bertz CT molecular complexity index is 1630. The van der Waals surface area contributed by atoms with Crippen molar-refractivity contribution >= 4 is 56.6 Å². The molecular weight excluding hydrogens is 490 g/mol. The van der Waals surface area contributed by atoms with E-state index < -0.39 is 26.1 Å². The summed E-state index contributed by atoms with van der Waals surface area (Å²) in [6, 6.07) is 10.3. The minimum absolute atomic E-state index is 0.0654. The van der Waals surface area contributed by atoms with Gasteiger partial charge in [-0.05, 0) is 31.2 Å². The van der Waals surface area contributed by atoms with Gasteiger partial charge in [0, 0.05) is 17.7 Å². The highest BCUT2D eigenvalue weighted by molar-refractivity contribution is 6.00. The van der Waals surface area contributed by atoms with Gasteiger partial charge in [-0.1, -0.05) is 11.3 Å². The molecular formula is C20H15N11O6. The van der Waals surface area contributed by atoms with Crippen LogP contribution in [0.15, 0.2) is 63.9 Å². The van der Waals surface area contributed by atoms with Crippen molar-refractivity contribution in [2.24, 2.45) is 15.3 Å². The van der Waals surface area contributed by atoms with Gasteiger partial charge in [0.05, 0.1) is 32.2 Å². The Morgan fingerprint density at radius 1 is 0.946 bits per heavy atom. The number of nitrogens with one attached hydrogen (secondary N) is 2. The lowest BCUT2D eigenvalue weighted by Gasteiger charge is -2.06. The van der Waals surface area contributed by atoms with Crippen LogP contribution in [0.4, 0.5) is 39.8 Å². The van der Waals surface area contributed by atoms with E-state index >= 15 is 0 Å². The molecule has 0 spiro atoms. The predicted molar refractivity (Wildman–Crippen MR) is 131 cm³/mol. The third kappa shape index (κ3) is 4.99. The summed E-state index contributed by atoms with van der Waals surface area (Å²) in [6.45, 7) is 1.51. The smallest absolute Gasteiger partial charge is 0.301 e. The van der Waals surface area contributed by atoms with Gasteiger partial charge in [0.25, 0.3) is 11.4 Å². The Balaban J connectivity index is 1.64. The molecule has 37 heavy (non-hydrogen) atoms. The van der Waals surface area contributed by atoms with Crippen molar-refractivity contribution in [3.05, 3.63) is 84.4 Å². The molecule has 17 heteroatoms. The van der Waals surface area contributed by atoms with E-state index in [0.29, 0.717) is 16.6 Å². The summed E-state index contributed by atoms with van der Waals surface area (Å²) in [6.07, 6.45) is 0. The molecule has 0 aliphatic rings. The summed E-state index contributed by atoms with van der Waals surface area (Å²) in [4.78, 5) is 31.7. The first-order chi connectivity index (χ1) is 17.7. The van der Waals surface area contributed by atoms with Gasteiger partial charge in [-0.2, -0.15) is 5.10 Å². The molecule has 186 valence electrons. The van der Waals surface area contributed by atoms with Gasteiger partial charge < -0.3 is 5.73 Å². The number of nitro benzene ring substituents is 3. The summed E-state index contributed by atoms with van der Waals surface area (Å²) in [5.41, 5.74) is 8.76. The number of azo groups is 1. The van der Waals surface area contributed by atoms with Crippen LogP contribution in [0.3, 0.4) is 0 Å². The fraction of sp³-hybridized carbons (Fsp3) is 0.0500. The molecule has 0 saturated heterocycles. The SMILES string of the molecule is C/C(=N\Nc1ccc([N+](=O)[O-])cc1[N+](=O)[O-])c1ccc(/N=N/c2c(N)ccc3nn[nH]c23)c([N+](=O)[O-])c1. The zero-order chi connectivity index (χ0) is 26.7. The van der Waals surface area contributed by atoms with E-state index in [4.69, 9.17) is 5.73 Å². The molecule has 0 saturated carbocycles. The monoisotopic (exact) mass is 505 g/mol. The number of rotatable bonds is 8. The lowest BCUT2D eigenvalue weighted by atomic mass is 10.1. The number of nitrogen functional groups attached to an aromatic ring is 1. The Hall–Kier alpha value is -5.87. The summed E-state index contributed by atoms with van der Waals surface area (Å²) in [5.74, 6) is 0. The highest BCUT2D eigenvalue weighted by Crippen LogP contribution is 2.34. The van der Waals surface area contributed by atoms with Crippen molar-refractivity contribution < 1.29 is 14.8 Å². The van der Waals surface area contributed by atoms with Crippen LogP contribution in [0.1, 0.15) is 12.5 Å². The van der Waals surface area contributed by atoms with E-state index in [1.54, 1.807) is 12.1 Å².